The number of carbonyl (C=O) groups excluding carboxylic acids is 1. The van der Waals surface area contributed by atoms with Gasteiger partial charge in [-0.15, -0.1) is 0 Å². The van der Waals surface area contributed by atoms with Crippen LogP contribution in [0.25, 0.3) is 0 Å². The van der Waals surface area contributed by atoms with E-state index in [0.29, 0.717) is 4.31 Å². The van der Waals surface area contributed by atoms with Crippen LogP contribution in [-0.2, 0) is 21.0 Å². The summed E-state index contributed by atoms with van der Waals surface area (Å²) >= 11 is 0. The molecule has 2 aromatic rings. The molecule has 0 radical (unpaired) electrons. The van der Waals surface area contributed by atoms with Crippen molar-refractivity contribution >= 4 is 21.6 Å². The van der Waals surface area contributed by atoms with E-state index in [-0.39, 0.29) is 5.69 Å². The molecule has 164 valence electrons. The van der Waals surface area contributed by atoms with Gasteiger partial charge < -0.3 is 5.32 Å². The van der Waals surface area contributed by atoms with E-state index < -0.39 is 39.8 Å². The molecule has 9 heteroatoms. The van der Waals surface area contributed by atoms with Crippen LogP contribution in [0.1, 0.15) is 42.1 Å². The number of aryl methyl sites for hydroxylation is 2. The summed E-state index contributed by atoms with van der Waals surface area (Å²) in [6.45, 7) is 6.95. The van der Waals surface area contributed by atoms with Crippen molar-refractivity contribution in [3.8, 4) is 0 Å². The molecule has 0 heterocycles. The average Bonchev–Trinajstić information content (AvgIpc) is 2.59. The Morgan fingerprint density at radius 3 is 2.23 bits per heavy atom. The second-order valence-electron chi connectivity index (χ2n) is 7.37. The van der Waals surface area contributed by atoms with Crippen LogP contribution in [0.3, 0.4) is 0 Å². The maximum absolute atomic E-state index is 13.1. The molecule has 0 aliphatic heterocycles. The molecule has 1 amide bonds. The molecule has 0 spiro atoms. The van der Waals surface area contributed by atoms with Crippen LogP contribution in [0.5, 0.6) is 0 Å². The lowest BCUT2D eigenvalue weighted by Gasteiger charge is -2.30. The summed E-state index contributed by atoms with van der Waals surface area (Å²) in [5.41, 5.74) is 1.68. The second-order valence-corrected chi connectivity index (χ2v) is 9.23. The molecule has 30 heavy (non-hydrogen) atoms. The van der Waals surface area contributed by atoms with E-state index in [1.165, 1.54) is 13.0 Å². The van der Waals surface area contributed by atoms with Gasteiger partial charge in [-0.2, -0.15) is 13.2 Å². The number of amides is 1. The van der Waals surface area contributed by atoms with Crippen molar-refractivity contribution < 1.29 is 26.4 Å². The Morgan fingerprint density at radius 1 is 1.07 bits per heavy atom. The third kappa shape index (κ3) is 5.53. The fraction of sp³-hybridized carbons (Fsp3) is 0.381. The highest BCUT2D eigenvalue weighted by Gasteiger charge is 2.34. The fourth-order valence-corrected chi connectivity index (χ4v) is 4.52. The zero-order chi connectivity index (χ0) is 22.9. The van der Waals surface area contributed by atoms with E-state index in [1.54, 1.807) is 6.92 Å². The number of halogens is 3. The Morgan fingerprint density at radius 2 is 1.70 bits per heavy atom. The minimum atomic E-state index is -4.64. The number of anilines is 1. The van der Waals surface area contributed by atoms with E-state index >= 15 is 0 Å². The zero-order valence-corrected chi connectivity index (χ0v) is 18.2. The molecular formula is C21H25F3N2O3S. The predicted octanol–water partition coefficient (Wildman–Crippen LogP) is 4.35. The van der Waals surface area contributed by atoms with Gasteiger partial charge in [-0.1, -0.05) is 29.8 Å². The lowest BCUT2D eigenvalue weighted by molar-refractivity contribution is -0.137. The normalized spacial score (nSPS) is 14.1. The lowest BCUT2D eigenvalue weighted by Crippen LogP contribution is -2.48. The van der Waals surface area contributed by atoms with Gasteiger partial charge >= 0.3 is 6.18 Å². The van der Waals surface area contributed by atoms with Crippen LogP contribution < -0.4 is 9.62 Å². The molecule has 0 fully saturated rings. The van der Waals surface area contributed by atoms with Crippen LogP contribution in [0.2, 0.25) is 0 Å². The van der Waals surface area contributed by atoms with E-state index in [0.717, 1.165) is 41.1 Å². The molecule has 1 N–H and O–H groups in total. The van der Waals surface area contributed by atoms with Gasteiger partial charge in [-0.25, -0.2) is 8.42 Å². The maximum Gasteiger partial charge on any atom is 0.416 e. The van der Waals surface area contributed by atoms with Crippen molar-refractivity contribution in [2.75, 3.05) is 10.6 Å². The molecule has 0 saturated heterocycles. The van der Waals surface area contributed by atoms with E-state index in [2.05, 4.69) is 5.32 Å². The largest absolute Gasteiger partial charge is 0.416 e. The molecule has 5 nitrogen and oxygen atoms in total. The number of rotatable bonds is 6. The number of hydrogen-bond donors (Lipinski definition) is 1. The van der Waals surface area contributed by atoms with Gasteiger partial charge in [0.15, 0.2) is 0 Å². The van der Waals surface area contributed by atoms with Crippen molar-refractivity contribution in [2.24, 2.45) is 0 Å². The van der Waals surface area contributed by atoms with Gasteiger partial charge in [0.25, 0.3) is 0 Å². The summed E-state index contributed by atoms with van der Waals surface area (Å²) < 4.78 is 64.6. The molecule has 0 bridgehead atoms. The first-order valence-corrected chi connectivity index (χ1v) is 11.1. The predicted molar refractivity (Wildman–Crippen MR) is 111 cm³/mol. The molecule has 2 aromatic carbocycles. The third-order valence-corrected chi connectivity index (χ3v) is 6.01. The molecule has 0 aliphatic carbocycles. The van der Waals surface area contributed by atoms with Gasteiger partial charge in [0, 0.05) is 0 Å². The van der Waals surface area contributed by atoms with Crippen LogP contribution in [-0.4, -0.2) is 26.6 Å². The third-order valence-electron chi connectivity index (χ3n) is 4.77. The number of nitrogens with one attached hydrogen (secondary N) is 1. The number of benzene rings is 2. The molecular weight excluding hydrogens is 417 g/mol. The van der Waals surface area contributed by atoms with Crippen LogP contribution in [0.4, 0.5) is 18.9 Å². The zero-order valence-electron chi connectivity index (χ0n) is 17.4. The van der Waals surface area contributed by atoms with Crippen molar-refractivity contribution in [1.29, 1.82) is 0 Å². The molecule has 0 saturated carbocycles. The van der Waals surface area contributed by atoms with E-state index in [9.17, 15) is 26.4 Å². The molecule has 2 rings (SSSR count). The summed E-state index contributed by atoms with van der Waals surface area (Å²) in [7, 11) is -4.03. The van der Waals surface area contributed by atoms with Gasteiger partial charge in [-0.05, 0) is 57.0 Å². The quantitative estimate of drug-likeness (QED) is 0.723. The summed E-state index contributed by atoms with van der Waals surface area (Å²) in [5.74, 6) is -0.620. The highest BCUT2D eigenvalue weighted by atomic mass is 32.2. The van der Waals surface area contributed by atoms with Crippen molar-refractivity contribution in [2.45, 2.75) is 46.0 Å². The van der Waals surface area contributed by atoms with Crippen LogP contribution >= 0.6 is 0 Å². The minimum Gasteiger partial charge on any atom is -0.348 e. The maximum atomic E-state index is 13.1. The topological polar surface area (TPSA) is 66.5 Å². The number of sulfonamides is 1. The van der Waals surface area contributed by atoms with E-state index in [4.69, 9.17) is 0 Å². The summed E-state index contributed by atoms with van der Waals surface area (Å²) in [6.07, 6.45) is -3.78. The SMILES string of the molecule is Cc1ccc([C@@H](C)NC(=O)[C@H](C)N(c2cccc(C(F)(F)F)c2)S(C)(=O)=O)c(C)c1. The number of nitrogens with zero attached hydrogens (tertiary/aromatic N) is 1. The molecule has 2 atom stereocenters. The Kier molecular flexibility index (Phi) is 6.86. The monoisotopic (exact) mass is 442 g/mol. The van der Waals surface area contributed by atoms with E-state index in [1.807, 2.05) is 32.0 Å². The van der Waals surface area contributed by atoms with Gasteiger partial charge in [0.05, 0.1) is 23.5 Å². The van der Waals surface area contributed by atoms with Gasteiger partial charge in [0.2, 0.25) is 15.9 Å². The standard InChI is InChI=1S/C21H25F3N2O3S/c1-13-9-10-19(14(2)11-13)15(3)25-20(27)16(4)26(30(5,28)29)18-8-6-7-17(12-18)21(22,23)24/h6-12,15-16H,1-5H3,(H,25,27)/t15-,16+/m1/s1. The Bertz CT molecular complexity index is 1040. The fourth-order valence-electron chi connectivity index (χ4n) is 3.35. The second kappa shape index (κ2) is 8.67. The average molecular weight is 443 g/mol. The Hall–Kier alpha value is -2.55. The Balaban J connectivity index is 2.34. The minimum absolute atomic E-state index is 0.228. The first-order valence-electron chi connectivity index (χ1n) is 9.26. The summed E-state index contributed by atoms with van der Waals surface area (Å²) in [6, 6.07) is 7.98. The van der Waals surface area contributed by atoms with Gasteiger partial charge in [0.1, 0.15) is 6.04 Å². The van der Waals surface area contributed by atoms with Crippen molar-refractivity contribution in [3.05, 3.63) is 64.7 Å². The van der Waals surface area contributed by atoms with Gasteiger partial charge in [-0.3, -0.25) is 9.10 Å². The highest BCUT2D eigenvalue weighted by molar-refractivity contribution is 7.92. The first kappa shape index (κ1) is 23.7. The smallest absolute Gasteiger partial charge is 0.348 e. The summed E-state index contributed by atoms with van der Waals surface area (Å²) in [5, 5.41) is 2.76. The van der Waals surface area contributed by atoms with Crippen LogP contribution in [0, 0.1) is 13.8 Å². The summed E-state index contributed by atoms with van der Waals surface area (Å²) in [4.78, 5) is 12.8. The highest BCUT2D eigenvalue weighted by Crippen LogP contribution is 2.33. The molecule has 0 unspecified atom stereocenters. The lowest BCUT2D eigenvalue weighted by atomic mass is 10.00. The first-order chi connectivity index (χ1) is 13.7. The van der Waals surface area contributed by atoms with Crippen molar-refractivity contribution in [1.82, 2.24) is 5.32 Å². The number of hydrogen-bond acceptors (Lipinski definition) is 3. The number of alkyl halides is 3. The van der Waals surface area contributed by atoms with Crippen LogP contribution in [0.15, 0.2) is 42.5 Å². The Labute approximate surface area is 175 Å². The molecule has 0 aromatic heterocycles. The number of carbonyl (C=O) groups is 1. The van der Waals surface area contributed by atoms with Crippen molar-refractivity contribution in [3.63, 3.8) is 0 Å². The molecule has 0 aliphatic rings.